The van der Waals surface area contributed by atoms with Crippen LogP contribution in [0.25, 0.3) is 0 Å². The highest BCUT2D eigenvalue weighted by Crippen LogP contribution is 2.23. The number of pyridine rings is 1. The molecule has 0 spiro atoms. The number of amides is 1. The zero-order chi connectivity index (χ0) is 19.9. The molecule has 2 aliphatic heterocycles. The van der Waals surface area contributed by atoms with Crippen LogP contribution in [0.4, 0.5) is 5.82 Å². The third kappa shape index (κ3) is 5.57. The van der Waals surface area contributed by atoms with Crippen molar-refractivity contribution in [3.05, 3.63) is 59.8 Å². The summed E-state index contributed by atoms with van der Waals surface area (Å²) in [4.78, 5) is 19.2. The van der Waals surface area contributed by atoms with E-state index >= 15 is 0 Å². The summed E-state index contributed by atoms with van der Waals surface area (Å²) < 4.78 is 5.62. The molecular weight excluding hydrogens is 362 g/mol. The number of carbonyl (C=O) groups excluding carboxylic acids is 1. The number of benzene rings is 1. The number of rotatable bonds is 7. The minimum atomic E-state index is 0.102. The van der Waals surface area contributed by atoms with Gasteiger partial charge in [-0.1, -0.05) is 30.3 Å². The molecule has 4 rings (SSSR count). The van der Waals surface area contributed by atoms with E-state index in [0.29, 0.717) is 11.5 Å². The molecule has 2 fully saturated rings. The number of nitrogens with zero attached hydrogens (tertiary/aromatic N) is 2. The van der Waals surface area contributed by atoms with Crippen molar-refractivity contribution in [3.8, 4) is 0 Å². The number of likely N-dealkylation sites (tertiary alicyclic amines) is 1. The fourth-order valence-electron chi connectivity index (χ4n) is 4.27. The molecule has 1 aromatic heterocycles. The SMILES string of the molecule is O=C(c1ccc(NCC2CCCO2)nc1)N1CCC(CCc2ccccc2)CC1. The van der Waals surface area contributed by atoms with Crippen molar-refractivity contribution in [3.63, 3.8) is 0 Å². The topological polar surface area (TPSA) is 54.5 Å². The van der Waals surface area contributed by atoms with Gasteiger partial charge in [-0.2, -0.15) is 0 Å². The van der Waals surface area contributed by atoms with Gasteiger partial charge >= 0.3 is 0 Å². The molecule has 29 heavy (non-hydrogen) atoms. The second kappa shape index (κ2) is 9.88. The molecule has 5 nitrogen and oxygen atoms in total. The molecule has 0 radical (unpaired) electrons. The zero-order valence-electron chi connectivity index (χ0n) is 17.1. The van der Waals surface area contributed by atoms with Gasteiger partial charge in [0.05, 0.1) is 11.7 Å². The first-order valence-corrected chi connectivity index (χ1v) is 10.9. The number of ether oxygens (including phenoxy) is 1. The van der Waals surface area contributed by atoms with Crippen LogP contribution in [-0.4, -0.2) is 48.1 Å². The van der Waals surface area contributed by atoms with Crippen LogP contribution in [0.15, 0.2) is 48.7 Å². The molecule has 2 aromatic rings. The minimum Gasteiger partial charge on any atom is -0.376 e. The molecule has 1 aromatic carbocycles. The maximum Gasteiger partial charge on any atom is 0.255 e. The van der Waals surface area contributed by atoms with Crippen molar-refractivity contribution in [1.82, 2.24) is 9.88 Å². The maximum absolute atomic E-state index is 12.8. The Morgan fingerprint density at radius 1 is 1.10 bits per heavy atom. The van der Waals surface area contributed by atoms with E-state index in [1.54, 1.807) is 6.20 Å². The second-order valence-corrected chi connectivity index (χ2v) is 8.21. The van der Waals surface area contributed by atoms with Gasteiger partial charge in [0, 0.05) is 32.4 Å². The van der Waals surface area contributed by atoms with Crippen LogP contribution in [0.5, 0.6) is 0 Å². The highest BCUT2D eigenvalue weighted by Gasteiger charge is 2.23. The normalized spacial score (nSPS) is 20.0. The van der Waals surface area contributed by atoms with Crippen molar-refractivity contribution in [2.24, 2.45) is 5.92 Å². The van der Waals surface area contributed by atoms with Gasteiger partial charge in [0.15, 0.2) is 0 Å². The van der Waals surface area contributed by atoms with Crippen LogP contribution in [0.2, 0.25) is 0 Å². The van der Waals surface area contributed by atoms with Crippen LogP contribution in [0, 0.1) is 5.92 Å². The van der Waals surface area contributed by atoms with E-state index < -0.39 is 0 Å². The summed E-state index contributed by atoms with van der Waals surface area (Å²) in [6, 6.07) is 14.5. The number of hydrogen-bond acceptors (Lipinski definition) is 4. The van der Waals surface area contributed by atoms with Crippen molar-refractivity contribution in [2.45, 2.75) is 44.6 Å². The Morgan fingerprint density at radius 3 is 2.62 bits per heavy atom. The Hall–Kier alpha value is -2.40. The lowest BCUT2D eigenvalue weighted by Crippen LogP contribution is -2.38. The fourth-order valence-corrected chi connectivity index (χ4v) is 4.27. The van der Waals surface area contributed by atoms with Gasteiger partial charge in [0.2, 0.25) is 0 Å². The average Bonchev–Trinajstić information content (AvgIpc) is 3.31. The van der Waals surface area contributed by atoms with Gasteiger partial charge in [-0.05, 0) is 62.1 Å². The molecule has 0 bridgehead atoms. The highest BCUT2D eigenvalue weighted by molar-refractivity contribution is 5.94. The van der Waals surface area contributed by atoms with Crippen LogP contribution in [0.3, 0.4) is 0 Å². The molecule has 1 atom stereocenters. The molecule has 2 aliphatic rings. The quantitative estimate of drug-likeness (QED) is 0.768. The van der Waals surface area contributed by atoms with E-state index in [2.05, 4.69) is 40.6 Å². The summed E-state index contributed by atoms with van der Waals surface area (Å²) in [5.41, 5.74) is 2.08. The summed E-state index contributed by atoms with van der Waals surface area (Å²) in [7, 11) is 0. The van der Waals surface area contributed by atoms with E-state index in [9.17, 15) is 4.79 Å². The smallest absolute Gasteiger partial charge is 0.255 e. The number of carbonyl (C=O) groups is 1. The number of nitrogens with one attached hydrogen (secondary N) is 1. The second-order valence-electron chi connectivity index (χ2n) is 8.21. The Labute approximate surface area is 173 Å². The first kappa shape index (κ1) is 19.9. The Bertz CT molecular complexity index is 764. The van der Waals surface area contributed by atoms with Gasteiger partial charge in [0.1, 0.15) is 5.82 Å². The molecule has 1 unspecified atom stereocenters. The van der Waals surface area contributed by atoms with E-state index in [0.717, 1.165) is 64.2 Å². The lowest BCUT2D eigenvalue weighted by atomic mass is 9.90. The third-order valence-corrected chi connectivity index (χ3v) is 6.13. The Balaban J connectivity index is 1.21. The first-order valence-electron chi connectivity index (χ1n) is 10.9. The minimum absolute atomic E-state index is 0.102. The van der Waals surface area contributed by atoms with E-state index in [-0.39, 0.29) is 12.0 Å². The average molecular weight is 394 g/mol. The van der Waals surface area contributed by atoms with Gasteiger partial charge in [-0.15, -0.1) is 0 Å². The number of aromatic nitrogens is 1. The molecule has 5 heteroatoms. The van der Waals surface area contributed by atoms with Gasteiger partial charge in [-0.25, -0.2) is 4.98 Å². The number of anilines is 1. The molecule has 3 heterocycles. The summed E-state index contributed by atoms with van der Waals surface area (Å²) in [6.45, 7) is 3.32. The summed E-state index contributed by atoms with van der Waals surface area (Å²) in [5, 5.41) is 3.30. The summed E-state index contributed by atoms with van der Waals surface area (Å²) in [5.74, 6) is 1.61. The van der Waals surface area contributed by atoms with Crippen LogP contribution in [0.1, 0.15) is 48.0 Å². The summed E-state index contributed by atoms with van der Waals surface area (Å²) in [6.07, 6.45) is 8.73. The molecule has 0 aliphatic carbocycles. The van der Waals surface area contributed by atoms with Crippen molar-refractivity contribution >= 4 is 11.7 Å². The summed E-state index contributed by atoms with van der Waals surface area (Å²) >= 11 is 0. The Kier molecular flexibility index (Phi) is 6.78. The molecule has 154 valence electrons. The monoisotopic (exact) mass is 393 g/mol. The number of piperidine rings is 1. The van der Waals surface area contributed by atoms with Gasteiger partial charge in [0.25, 0.3) is 5.91 Å². The molecule has 0 saturated carbocycles. The van der Waals surface area contributed by atoms with E-state index in [1.165, 1.54) is 12.0 Å². The standard InChI is InChI=1S/C24H31N3O2/c28-24(21-10-11-23(25-17-21)26-18-22-7-4-16-29-22)27-14-12-20(13-15-27)9-8-19-5-2-1-3-6-19/h1-3,5-6,10-11,17,20,22H,4,7-9,12-16,18H2,(H,25,26). The molecule has 2 saturated heterocycles. The predicted octanol–water partition coefficient (Wildman–Crippen LogP) is 4.16. The Morgan fingerprint density at radius 2 is 1.93 bits per heavy atom. The largest absolute Gasteiger partial charge is 0.376 e. The van der Waals surface area contributed by atoms with E-state index in [4.69, 9.17) is 4.74 Å². The molecular formula is C24H31N3O2. The van der Waals surface area contributed by atoms with Crippen molar-refractivity contribution in [2.75, 3.05) is 31.6 Å². The number of aryl methyl sites for hydroxylation is 1. The fraction of sp³-hybridized carbons (Fsp3) is 0.500. The lowest BCUT2D eigenvalue weighted by Gasteiger charge is -2.32. The van der Waals surface area contributed by atoms with Crippen LogP contribution in [-0.2, 0) is 11.2 Å². The number of hydrogen-bond donors (Lipinski definition) is 1. The first-order chi connectivity index (χ1) is 14.3. The van der Waals surface area contributed by atoms with Gasteiger partial charge in [-0.3, -0.25) is 4.79 Å². The lowest BCUT2D eigenvalue weighted by molar-refractivity contribution is 0.0686. The van der Waals surface area contributed by atoms with Crippen LogP contribution < -0.4 is 5.32 Å². The van der Waals surface area contributed by atoms with Gasteiger partial charge < -0.3 is 15.0 Å². The zero-order valence-corrected chi connectivity index (χ0v) is 17.1. The molecule has 1 amide bonds. The predicted molar refractivity (Wildman–Crippen MR) is 115 cm³/mol. The highest BCUT2D eigenvalue weighted by atomic mass is 16.5. The maximum atomic E-state index is 12.8. The van der Waals surface area contributed by atoms with Crippen molar-refractivity contribution < 1.29 is 9.53 Å². The third-order valence-electron chi connectivity index (χ3n) is 6.13. The van der Waals surface area contributed by atoms with Crippen LogP contribution >= 0.6 is 0 Å². The molecule has 1 N–H and O–H groups in total. The van der Waals surface area contributed by atoms with E-state index in [1.807, 2.05) is 17.0 Å². The van der Waals surface area contributed by atoms with Crippen molar-refractivity contribution in [1.29, 1.82) is 0 Å².